The van der Waals surface area contributed by atoms with E-state index in [0.717, 1.165) is 23.7 Å². The van der Waals surface area contributed by atoms with Gasteiger partial charge in [0.1, 0.15) is 5.69 Å². The number of unbranched alkanes of at least 4 members (excludes halogenated alkanes) is 1. The van der Waals surface area contributed by atoms with Crippen LogP contribution in [0.2, 0.25) is 0 Å². The summed E-state index contributed by atoms with van der Waals surface area (Å²) in [5.41, 5.74) is 6.83. The molecule has 3 atom stereocenters. The van der Waals surface area contributed by atoms with Gasteiger partial charge in [-0.3, -0.25) is 19.9 Å². The zero-order chi connectivity index (χ0) is 22.1. The summed E-state index contributed by atoms with van der Waals surface area (Å²) in [6.07, 6.45) is 2.60. The second-order valence-corrected chi connectivity index (χ2v) is 8.35. The minimum Gasteiger partial charge on any atom is -0.388 e. The highest BCUT2D eigenvalue weighted by Gasteiger charge is 2.54. The van der Waals surface area contributed by atoms with Crippen LogP contribution in [0.15, 0.2) is 30.3 Å². The molecule has 9 nitrogen and oxygen atoms in total. The second kappa shape index (κ2) is 8.41. The van der Waals surface area contributed by atoms with Crippen LogP contribution in [0.4, 0.5) is 4.79 Å². The first kappa shape index (κ1) is 20.9. The number of imide groups is 1. The molecule has 3 heterocycles. The van der Waals surface area contributed by atoms with Crippen LogP contribution < -0.4 is 11.1 Å². The highest BCUT2D eigenvalue weighted by molar-refractivity contribution is 6.00. The van der Waals surface area contributed by atoms with E-state index in [4.69, 9.17) is 11.1 Å². The predicted molar refractivity (Wildman–Crippen MR) is 117 cm³/mol. The predicted octanol–water partition coefficient (Wildman–Crippen LogP) is 1.90. The molecule has 0 radical (unpaired) electrons. The molecule has 4 rings (SSSR count). The first-order chi connectivity index (χ1) is 14.9. The van der Waals surface area contributed by atoms with Crippen molar-refractivity contribution < 1.29 is 14.4 Å². The van der Waals surface area contributed by atoms with Gasteiger partial charge in [0.05, 0.1) is 11.9 Å². The fraction of sp³-hybridized carbons (Fsp3) is 0.455. The first-order valence-electron chi connectivity index (χ1n) is 10.7. The molecule has 1 aromatic carbocycles. The van der Waals surface area contributed by atoms with Gasteiger partial charge in [-0.2, -0.15) is 0 Å². The quantitative estimate of drug-likeness (QED) is 0.320. The van der Waals surface area contributed by atoms with Crippen molar-refractivity contribution in [2.75, 3.05) is 20.1 Å². The van der Waals surface area contributed by atoms with Crippen molar-refractivity contribution in [3.8, 4) is 0 Å². The third-order valence-electron chi connectivity index (χ3n) is 6.43. The highest BCUT2D eigenvalue weighted by Crippen LogP contribution is 2.40. The van der Waals surface area contributed by atoms with Gasteiger partial charge in [-0.15, -0.1) is 0 Å². The third-order valence-corrected chi connectivity index (χ3v) is 6.43. The van der Waals surface area contributed by atoms with Crippen molar-refractivity contribution in [1.29, 1.82) is 5.41 Å². The molecule has 0 saturated carbocycles. The molecule has 31 heavy (non-hydrogen) atoms. The summed E-state index contributed by atoms with van der Waals surface area (Å²) in [7, 11) is 1.51. The zero-order valence-corrected chi connectivity index (χ0v) is 17.6. The Morgan fingerprint density at radius 1 is 1.26 bits per heavy atom. The number of aromatic nitrogens is 1. The standard InChI is InChI=1S/C22H28N6O3/c1-25-22(31)28-18-12-27(21(30)17-10-13-6-2-4-8-16(13)26-17)11-15(18)14(20(28)29)7-3-5-9-19(23)24/h2,4,6,8,10,14-15,18,26H,3,5,7,9,11-12H2,1H3,(H3,23,24)(H,25,31)/t14-,15+,18-/m1/s1. The van der Waals surface area contributed by atoms with Crippen molar-refractivity contribution in [1.82, 2.24) is 20.1 Å². The summed E-state index contributed by atoms with van der Waals surface area (Å²) in [6.45, 7) is 0.775. The summed E-state index contributed by atoms with van der Waals surface area (Å²) in [5.74, 6) is -0.552. The molecule has 164 valence electrons. The number of carbonyl (C=O) groups is 3. The number of aromatic amines is 1. The summed E-state index contributed by atoms with van der Waals surface area (Å²) in [4.78, 5) is 44.8. The van der Waals surface area contributed by atoms with Crippen molar-refractivity contribution in [3.63, 3.8) is 0 Å². The maximum absolute atomic E-state index is 13.2. The molecular weight excluding hydrogens is 396 g/mol. The lowest BCUT2D eigenvalue weighted by molar-refractivity contribution is -0.130. The fourth-order valence-corrected chi connectivity index (χ4v) is 4.92. The number of hydrogen-bond donors (Lipinski definition) is 4. The second-order valence-electron chi connectivity index (χ2n) is 8.35. The van der Waals surface area contributed by atoms with Gasteiger partial charge in [-0.05, 0) is 25.0 Å². The maximum atomic E-state index is 13.2. The fourth-order valence-electron chi connectivity index (χ4n) is 4.92. The Hall–Kier alpha value is -3.36. The van der Waals surface area contributed by atoms with Crippen molar-refractivity contribution >= 4 is 34.6 Å². The van der Waals surface area contributed by atoms with E-state index in [1.807, 2.05) is 30.3 Å². The maximum Gasteiger partial charge on any atom is 0.324 e. The molecule has 2 fully saturated rings. The number of para-hydroxylation sites is 1. The zero-order valence-electron chi connectivity index (χ0n) is 17.6. The summed E-state index contributed by atoms with van der Waals surface area (Å²) in [5, 5.41) is 10.9. The lowest BCUT2D eigenvalue weighted by Crippen LogP contribution is -2.47. The molecule has 0 bridgehead atoms. The van der Waals surface area contributed by atoms with Gasteiger partial charge >= 0.3 is 6.03 Å². The van der Waals surface area contributed by atoms with E-state index in [2.05, 4.69) is 10.3 Å². The number of nitrogens with one attached hydrogen (secondary N) is 3. The minimum absolute atomic E-state index is 0.0875. The molecule has 5 N–H and O–H groups in total. The topological polar surface area (TPSA) is 135 Å². The molecule has 9 heteroatoms. The lowest BCUT2D eigenvalue weighted by atomic mass is 9.88. The summed E-state index contributed by atoms with van der Waals surface area (Å²) in [6, 6.07) is 8.81. The molecule has 1 aromatic heterocycles. The number of H-pyrrole nitrogens is 1. The average Bonchev–Trinajstić information content (AvgIpc) is 3.43. The van der Waals surface area contributed by atoms with Crippen molar-refractivity contribution in [3.05, 3.63) is 36.0 Å². The van der Waals surface area contributed by atoms with E-state index < -0.39 is 6.03 Å². The molecule has 2 saturated heterocycles. The number of nitrogens with two attached hydrogens (primary N) is 1. The Morgan fingerprint density at radius 3 is 2.74 bits per heavy atom. The number of likely N-dealkylation sites (tertiary alicyclic amines) is 2. The van der Waals surface area contributed by atoms with E-state index >= 15 is 0 Å². The molecule has 2 aliphatic rings. The first-order valence-corrected chi connectivity index (χ1v) is 10.7. The van der Waals surface area contributed by atoms with E-state index in [-0.39, 0.29) is 35.5 Å². The summed E-state index contributed by atoms with van der Waals surface area (Å²) < 4.78 is 0. The number of carbonyl (C=O) groups excluding carboxylic acids is 3. The molecular formula is C22H28N6O3. The van der Waals surface area contributed by atoms with E-state index in [9.17, 15) is 14.4 Å². The normalized spacial score (nSPS) is 22.7. The Morgan fingerprint density at radius 2 is 2.03 bits per heavy atom. The SMILES string of the molecule is CNC(=O)N1C(=O)[C@H](CCCCC(=N)N)[C@@H]2CN(C(=O)c3cc4ccccc4[nH]3)C[C@H]21. The third kappa shape index (κ3) is 3.87. The van der Waals surface area contributed by atoms with Crippen LogP contribution in [0.3, 0.4) is 0 Å². The molecule has 2 aliphatic heterocycles. The smallest absolute Gasteiger partial charge is 0.324 e. The van der Waals surface area contributed by atoms with Crippen LogP contribution in [-0.4, -0.2) is 64.6 Å². The van der Waals surface area contributed by atoms with Crippen molar-refractivity contribution in [2.24, 2.45) is 17.6 Å². The van der Waals surface area contributed by atoms with Gasteiger partial charge in [-0.25, -0.2) is 4.79 Å². The Labute approximate surface area is 180 Å². The molecule has 0 spiro atoms. The number of amides is 4. The minimum atomic E-state index is -0.425. The Balaban J connectivity index is 1.51. The Kier molecular flexibility index (Phi) is 5.67. The number of amidine groups is 1. The lowest BCUT2D eigenvalue weighted by Gasteiger charge is -2.23. The number of nitrogens with zero attached hydrogens (tertiary/aromatic N) is 2. The van der Waals surface area contributed by atoms with E-state index in [1.54, 1.807) is 4.90 Å². The molecule has 0 aliphatic carbocycles. The van der Waals surface area contributed by atoms with E-state index in [0.29, 0.717) is 31.6 Å². The van der Waals surface area contributed by atoms with Gasteiger partial charge in [0.2, 0.25) is 5.91 Å². The highest BCUT2D eigenvalue weighted by atomic mass is 16.2. The molecule has 2 aromatic rings. The van der Waals surface area contributed by atoms with Gasteiger partial charge in [0.25, 0.3) is 5.91 Å². The monoisotopic (exact) mass is 424 g/mol. The van der Waals surface area contributed by atoms with Crippen LogP contribution in [0.5, 0.6) is 0 Å². The van der Waals surface area contributed by atoms with Gasteiger partial charge < -0.3 is 20.9 Å². The van der Waals surface area contributed by atoms with Crippen LogP contribution in [0.1, 0.15) is 36.2 Å². The van der Waals surface area contributed by atoms with Crippen molar-refractivity contribution in [2.45, 2.75) is 31.7 Å². The number of urea groups is 1. The molecule has 4 amide bonds. The summed E-state index contributed by atoms with van der Waals surface area (Å²) >= 11 is 0. The molecule has 0 unspecified atom stereocenters. The average molecular weight is 425 g/mol. The Bertz CT molecular complexity index is 998. The van der Waals surface area contributed by atoms with Crippen LogP contribution in [0, 0.1) is 17.2 Å². The van der Waals surface area contributed by atoms with Gasteiger partial charge in [0.15, 0.2) is 0 Å². The number of rotatable bonds is 6. The van der Waals surface area contributed by atoms with Gasteiger partial charge in [-0.1, -0.05) is 24.6 Å². The van der Waals surface area contributed by atoms with Gasteiger partial charge in [0, 0.05) is 49.3 Å². The van der Waals surface area contributed by atoms with Crippen LogP contribution in [-0.2, 0) is 4.79 Å². The number of fused-ring (bicyclic) bond motifs is 2. The van der Waals surface area contributed by atoms with Crippen LogP contribution in [0.25, 0.3) is 10.9 Å². The largest absolute Gasteiger partial charge is 0.388 e. The van der Waals surface area contributed by atoms with Crippen LogP contribution >= 0.6 is 0 Å². The number of hydrogen-bond acceptors (Lipinski definition) is 4. The van der Waals surface area contributed by atoms with E-state index in [1.165, 1.54) is 11.9 Å². The number of benzene rings is 1.